The first-order valence-corrected chi connectivity index (χ1v) is 10.5. The third-order valence-corrected chi connectivity index (χ3v) is 5.32. The van der Waals surface area contributed by atoms with Crippen LogP contribution in [-0.2, 0) is 22.7 Å². The predicted molar refractivity (Wildman–Crippen MR) is 120 cm³/mol. The number of phenols is 1. The minimum atomic E-state index is -0.574. The van der Waals surface area contributed by atoms with Gasteiger partial charge in [-0.05, 0) is 41.5 Å². The first kappa shape index (κ1) is 22.6. The Kier molecular flexibility index (Phi) is 6.55. The lowest BCUT2D eigenvalue weighted by molar-refractivity contribution is -0.147. The van der Waals surface area contributed by atoms with E-state index in [0.717, 1.165) is 5.56 Å². The van der Waals surface area contributed by atoms with Crippen LogP contribution in [-0.4, -0.2) is 40.8 Å². The Morgan fingerprint density at radius 1 is 1.06 bits per heavy atom. The molecule has 1 aliphatic rings. The number of aromatic hydroxyl groups is 1. The number of esters is 1. The van der Waals surface area contributed by atoms with E-state index in [0.29, 0.717) is 16.7 Å². The molecule has 0 fully saturated rings. The van der Waals surface area contributed by atoms with E-state index < -0.39 is 11.8 Å². The van der Waals surface area contributed by atoms with E-state index in [1.54, 1.807) is 18.2 Å². The number of nitriles is 1. The molecule has 1 N–H and O–H groups in total. The van der Waals surface area contributed by atoms with Gasteiger partial charge in [0, 0.05) is 18.2 Å². The van der Waals surface area contributed by atoms with Crippen molar-refractivity contribution in [3.8, 4) is 17.6 Å². The standard InChI is InChI=1S/C26H20N2O6/c27-12-18-6-8-21-19(10-18)13-28(26(21)32)14-24(30)22-9-7-20(11-23(22)29)33-16-25(31)34-15-17-4-2-1-3-5-17/h1-11,29H,13-16H2. The molecule has 3 aromatic rings. The van der Waals surface area contributed by atoms with Gasteiger partial charge in [0.1, 0.15) is 18.1 Å². The van der Waals surface area contributed by atoms with Crippen molar-refractivity contribution >= 4 is 17.7 Å². The van der Waals surface area contributed by atoms with E-state index in [1.165, 1.54) is 23.1 Å². The molecular weight excluding hydrogens is 436 g/mol. The van der Waals surface area contributed by atoms with Crippen LogP contribution in [0.5, 0.6) is 11.5 Å². The highest BCUT2D eigenvalue weighted by Crippen LogP contribution is 2.27. The van der Waals surface area contributed by atoms with Gasteiger partial charge in [0.15, 0.2) is 12.4 Å². The number of Topliss-reactive ketones (excluding diaryl/α,β-unsaturated/α-hetero) is 1. The van der Waals surface area contributed by atoms with Crippen molar-refractivity contribution < 1.29 is 29.0 Å². The zero-order chi connectivity index (χ0) is 24.1. The van der Waals surface area contributed by atoms with Crippen LogP contribution < -0.4 is 4.74 Å². The van der Waals surface area contributed by atoms with E-state index in [4.69, 9.17) is 14.7 Å². The van der Waals surface area contributed by atoms with E-state index in [2.05, 4.69) is 0 Å². The molecule has 0 saturated carbocycles. The summed E-state index contributed by atoms with van der Waals surface area (Å²) in [6.07, 6.45) is 0. The number of hydrogen-bond acceptors (Lipinski definition) is 7. The molecule has 0 bridgehead atoms. The minimum absolute atomic E-state index is 0.0282. The Labute approximate surface area is 195 Å². The van der Waals surface area contributed by atoms with Gasteiger partial charge in [-0.3, -0.25) is 9.59 Å². The van der Waals surface area contributed by atoms with Crippen LogP contribution in [0.2, 0.25) is 0 Å². The Morgan fingerprint density at radius 2 is 1.85 bits per heavy atom. The van der Waals surface area contributed by atoms with Crippen LogP contribution in [0.1, 0.15) is 37.4 Å². The fourth-order valence-corrected chi connectivity index (χ4v) is 3.60. The number of carbonyl (C=O) groups is 3. The number of fused-ring (bicyclic) bond motifs is 1. The van der Waals surface area contributed by atoms with Gasteiger partial charge in [-0.25, -0.2) is 4.79 Å². The summed E-state index contributed by atoms with van der Waals surface area (Å²) in [6.45, 7) is -0.249. The van der Waals surface area contributed by atoms with Gasteiger partial charge in [0.2, 0.25) is 0 Å². The second-order valence-electron chi connectivity index (χ2n) is 7.68. The molecule has 3 aromatic carbocycles. The zero-order valence-corrected chi connectivity index (χ0v) is 18.1. The van der Waals surface area contributed by atoms with Crippen LogP contribution >= 0.6 is 0 Å². The SMILES string of the molecule is N#Cc1ccc2c(c1)CN(CC(=O)c1ccc(OCC(=O)OCc3ccccc3)cc1O)C2=O. The monoisotopic (exact) mass is 456 g/mol. The smallest absolute Gasteiger partial charge is 0.344 e. The van der Waals surface area contributed by atoms with Crippen molar-refractivity contribution in [1.82, 2.24) is 4.90 Å². The average molecular weight is 456 g/mol. The third kappa shape index (κ3) is 5.05. The van der Waals surface area contributed by atoms with Crippen molar-refractivity contribution in [2.24, 2.45) is 0 Å². The van der Waals surface area contributed by atoms with Gasteiger partial charge in [0.25, 0.3) is 5.91 Å². The summed E-state index contributed by atoms with van der Waals surface area (Å²) in [4.78, 5) is 38.5. The van der Waals surface area contributed by atoms with Crippen molar-refractivity contribution in [3.05, 3.63) is 94.5 Å². The fraction of sp³-hybridized carbons (Fsp3) is 0.154. The quantitative estimate of drug-likeness (QED) is 0.409. The largest absolute Gasteiger partial charge is 0.507 e. The topological polar surface area (TPSA) is 117 Å². The molecule has 1 amide bonds. The first-order chi connectivity index (χ1) is 16.4. The number of carbonyl (C=O) groups excluding carboxylic acids is 3. The maximum absolute atomic E-state index is 12.7. The Bertz CT molecular complexity index is 1300. The van der Waals surface area contributed by atoms with Crippen LogP contribution in [0.25, 0.3) is 0 Å². The van der Waals surface area contributed by atoms with Crippen molar-refractivity contribution in [2.45, 2.75) is 13.2 Å². The molecule has 0 spiro atoms. The van der Waals surface area contributed by atoms with E-state index in [9.17, 15) is 19.5 Å². The number of amides is 1. The molecule has 1 aliphatic heterocycles. The van der Waals surface area contributed by atoms with Gasteiger partial charge in [-0.15, -0.1) is 0 Å². The summed E-state index contributed by atoms with van der Waals surface area (Å²) in [6, 6.07) is 20.1. The Morgan fingerprint density at radius 3 is 2.59 bits per heavy atom. The predicted octanol–water partition coefficient (Wildman–Crippen LogP) is 3.22. The highest BCUT2D eigenvalue weighted by molar-refractivity contribution is 6.05. The molecule has 170 valence electrons. The first-order valence-electron chi connectivity index (χ1n) is 10.5. The lowest BCUT2D eigenvalue weighted by Gasteiger charge is -2.15. The molecule has 8 nitrogen and oxygen atoms in total. The molecule has 0 saturated heterocycles. The van der Waals surface area contributed by atoms with Crippen LogP contribution in [0.15, 0.2) is 66.7 Å². The Balaban J connectivity index is 1.32. The maximum Gasteiger partial charge on any atom is 0.344 e. The summed E-state index contributed by atoms with van der Waals surface area (Å²) in [5.41, 5.74) is 2.46. The average Bonchev–Trinajstić information content (AvgIpc) is 3.16. The van der Waals surface area contributed by atoms with Gasteiger partial charge >= 0.3 is 5.97 Å². The second-order valence-corrected chi connectivity index (χ2v) is 7.68. The lowest BCUT2D eigenvalue weighted by atomic mass is 10.1. The number of hydrogen-bond donors (Lipinski definition) is 1. The van der Waals surface area contributed by atoms with Crippen molar-refractivity contribution in [3.63, 3.8) is 0 Å². The number of ether oxygens (including phenoxy) is 2. The van der Waals surface area contributed by atoms with Crippen LogP contribution in [0, 0.1) is 11.3 Å². The molecule has 34 heavy (non-hydrogen) atoms. The maximum atomic E-state index is 12.7. The summed E-state index contributed by atoms with van der Waals surface area (Å²) in [7, 11) is 0. The van der Waals surface area contributed by atoms with Crippen LogP contribution in [0.4, 0.5) is 0 Å². The summed E-state index contributed by atoms with van der Waals surface area (Å²) >= 11 is 0. The molecule has 0 aromatic heterocycles. The van der Waals surface area contributed by atoms with E-state index in [-0.39, 0.29) is 49.3 Å². The summed E-state index contributed by atoms with van der Waals surface area (Å²) in [5.74, 6) is -1.46. The van der Waals surface area contributed by atoms with Gasteiger partial charge < -0.3 is 19.5 Å². The van der Waals surface area contributed by atoms with Crippen molar-refractivity contribution in [2.75, 3.05) is 13.2 Å². The molecule has 4 rings (SSSR count). The normalized spacial score (nSPS) is 12.1. The second kappa shape index (κ2) is 9.88. The molecule has 0 unspecified atom stereocenters. The molecule has 8 heteroatoms. The third-order valence-electron chi connectivity index (χ3n) is 5.32. The van der Waals surface area contributed by atoms with Gasteiger partial charge in [0.05, 0.1) is 23.7 Å². The minimum Gasteiger partial charge on any atom is -0.507 e. The Hall–Kier alpha value is -4.64. The molecule has 0 aliphatic carbocycles. The fourth-order valence-electron chi connectivity index (χ4n) is 3.60. The van der Waals surface area contributed by atoms with Crippen LogP contribution in [0.3, 0.4) is 0 Å². The van der Waals surface area contributed by atoms with Gasteiger partial charge in [-0.1, -0.05) is 30.3 Å². The lowest BCUT2D eigenvalue weighted by Crippen LogP contribution is -2.30. The highest BCUT2D eigenvalue weighted by atomic mass is 16.6. The summed E-state index contributed by atoms with van der Waals surface area (Å²) < 4.78 is 10.5. The highest BCUT2D eigenvalue weighted by Gasteiger charge is 2.29. The van der Waals surface area contributed by atoms with E-state index >= 15 is 0 Å². The van der Waals surface area contributed by atoms with Crippen molar-refractivity contribution in [1.29, 1.82) is 5.26 Å². The molecule has 0 radical (unpaired) electrons. The number of nitrogens with zero attached hydrogens (tertiary/aromatic N) is 2. The molecular formula is C26H20N2O6. The van der Waals surface area contributed by atoms with E-state index in [1.807, 2.05) is 36.4 Å². The van der Waals surface area contributed by atoms with Gasteiger partial charge in [-0.2, -0.15) is 5.26 Å². The molecule has 0 atom stereocenters. The number of phenolic OH excluding ortho intramolecular Hbond substituents is 1. The summed E-state index contributed by atoms with van der Waals surface area (Å²) in [5, 5.41) is 19.3. The number of benzene rings is 3. The zero-order valence-electron chi connectivity index (χ0n) is 18.1. The molecule has 1 heterocycles. The number of ketones is 1. The number of rotatable bonds is 8.